The summed E-state index contributed by atoms with van der Waals surface area (Å²) in [4.78, 5) is 0. The second kappa shape index (κ2) is 8.48. The van der Waals surface area contributed by atoms with E-state index in [1.54, 1.807) is 23.0 Å². The molecule has 0 fully saturated rings. The van der Waals surface area contributed by atoms with Crippen LogP contribution in [0, 0.1) is 13.8 Å². The molecule has 0 spiro atoms. The lowest BCUT2D eigenvalue weighted by atomic mass is 10.1. The van der Waals surface area contributed by atoms with Crippen molar-refractivity contribution in [3.8, 4) is 0 Å². The molecule has 0 aliphatic rings. The zero-order chi connectivity index (χ0) is 19.6. The van der Waals surface area contributed by atoms with Crippen LogP contribution in [0.5, 0.6) is 0 Å². The Kier molecular flexibility index (Phi) is 6.27. The van der Waals surface area contributed by atoms with Crippen LogP contribution in [0.2, 0.25) is 15.1 Å². The average Bonchev–Trinajstić information content (AvgIpc) is 2.88. The van der Waals surface area contributed by atoms with Crippen LogP contribution < -0.4 is 10.6 Å². The molecule has 0 aliphatic heterocycles. The maximum Gasteiger partial charge on any atom is 0.176 e. The number of thiocarbonyl (C=S) groups is 1. The third kappa shape index (κ3) is 5.36. The molecular weight excluding hydrogens is 423 g/mol. The molecule has 2 N–H and O–H groups in total. The minimum Gasteiger partial charge on any atom is -0.332 e. The van der Waals surface area contributed by atoms with E-state index in [4.69, 9.17) is 47.0 Å². The second-order valence-corrected chi connectivity index (χ2v) is 7.87. The Bertz CT molecular complexity index is 980. The summed E-state index contributed by atoms with van der Waals surface area (Å²) in [6.45, 7) is 4.54. The summed E-state index contributed by atoms with van der Waals surface area (Å²) in [5, 5.41) is 12.7. The SMILES string of the molecule is Cc1cc(C)cc(NC(=S)Nc2nn(Cc3ccc(Cl)cc3Cl)cc2Cl)c1. The molecule has 3 aromatic rings. The molecule has 0 amide bonds. The zero-order valence-corrected chi connectivity index (χ0v) is 17.8. The van der Waals surface area contributed by atoms with Gasteiger partial charge in [-0.2, -0.15) is 5.10 Å². The Morgan fingerprint density at radius 2 is 1.70 bits per heavy atom. The number of rotatable bonds is 4. The molecular formula is C19H17Cl3N4S. The second-order valence-electron chi connectivity index (χ2n) is 6.21. The van der Waals surface area contributed by atoms with Crippen molar-refractivity contribution >= 4 is 63.6 Å². The molecule has 0 atom stereocenters. The minimum atomic E-state index is 0.414. The number of halogens is 3. The first-order valence-electron chi connectivity index (χ1n) is 8.13. The first kappa shape index (κ1) is 20.0. The zero-order valence-electron chi connectivity index (χ0n) is 14.7. The molecule has 140 valence electrons. The van der Waals surface area contributed by atoms with Gasteiger partial charge in [-0.25, -0.2) is 0 Å². The predicted octanol–water partition coefficient (Wildman–Crippen LogP) is 6.32. The number of nitrogens with zero attached hydrogens (tertiary/aromatic N) is 2. The maximum absolute atomic E-state index is 6.29. The molecule has 0 bridgehead atoms. The molecule has 0 radical (unpaired) electrons. The van der Waals surface area contributed by atoms with Crippen LogP contribution in [0.3, 0.4) is 0 Å². The molecule has 0 aliphatic carbocycles. The number of aromatic nitrogens is 2. The molecule has 0 saturated carbocycles. The van der Waals surface area contributed by atoms with Crippen molar-refractivity contribution in [2.75, 3.05) is 10.6 Å². The summed E-state index contributed by atoms with van der Waals surface area (Å²) in [6.07, 6.45) is 1.72. The Morgan fingerprint density at radius 3 is 2.37 bits per heavy atom. The van der Waals surface area contributed by atoms with Gasteiger partial charge >= 0.3 is 0 Å². The van der Waals surface area contributed by atoms with Crippen LogP contribution in [-0.4, -0.2) is 14.9 Å². The Balaban J connectivity index is 1.69. The van der Waals surface area contributed by atoms with Gasteiger partial charge in [-0.05, 0) is 67.0 Å². The van der Waals surface area contributed by atoms with Crippen LogP contribution in [0.1, 0.15) is 16.7 Å². The van der Waals surface area contributed by atoms with Gasteiger partial charge in [0.15, 0.2) is 10.9 Å². The maximum atomic E-state index is 6.29. The number of benzene rings is 2. The van der Waals surface area contributed by atoms with Crippen molar-refractivity contribution in [2.45, 2.75) is 20.4 Å². The summed E-state index contributed by atoms with van der Waals surface area (Å²) >= 11 is 23.8. The highest BCUT2D eigenvalue weighted by molar-refractivity contribution is 7.80. The van der Waals surface area contributed by atoms with Gasteiger partial charge in [0.1, 0.15) is 5.02 Å². The molecule has 0 saturated heterocycles. The van der Waals surface area contributed by atoms with E-state index >= 15 is 0 Å². The quantitative estimate of drug-likeness (QED) is 0.467. The van der Waals surface area contributed by atoms with Crippen molar-refractivity contribution in [2.24, 2.45) is 0 Å². The standard InChI is InChI=1S/C19H17Cl3N4S/c1-11-5-12(2)7-15(6-11)23-19(27)24-18-17(22)10-26(25-18)9-13-3-4-14(20)8-16(13)21/h3-8,10H,9H2,1-2H3,(H2,23,24,25,27). The summed E-state index contributed by atoms with van der Waals surface area (Å²) in [7, 11) is 0. The van der Waals surface area contributed by atoms with Gasteiger partial charge in [0.05, 0.1) is 6.54 Å². The van der Waals surface area contributed by atoms with Crippen molar-refractivity contribution in [1.29, 1.82) is 0 Å². The van der Waals surface area contributed by atoms with Crippen LogP contribution in [0.25, 0.3) is 0 Å². The monoisotopic (exact) mass is 438 g/mol. The molecule has 1 aromatic heterocycles. The normalized spacial score (nSPS) is 10.7. The first-order chi connectivity index (χ1) is 12.8. The highest BCUT2D eigenvalue weighted by atomic mass is 35.5. The van der Waals surface area contributed by atoms with E-state index in [1.807, 2.05) is 32.0 Å². The van der Waals surface area contributed by atoms with E-state index in [-0.39, 0.29) is 0 Å². The topological polar surface area (TPSA) is 41.9 Å². The third-order valence-corrected chi connectivity index (χ3v) is 4.84. The van der Waals surface area contributed by atoms with Gasteiger partial charge in [-0.15, -0.1) is 0 Å². The van der Waals surface area contributed by atoms with Crippen molar-refractivity contribution in [1.82, 2.24) is 9.78 Å². The summed E-state index contributed by atoms with van der Waals surface area (Å²) in [5.74, 6) is 0.476. The molecule has 1 heterocycles. The fourth-order valence-electron chi connectivity index (χ4n) is 2.70. The van der Waals surface area contributed by atoms with E-state index in [2.05, 4.69) is 21.8 Å². The van der Waals surface area contributed by atoms with Crippen LogP contribution in [-0.2, 0) is 6.54 Å². The van der Waals surface area contributed by atoms with E-state index < -0.39 is 0 Å². The van der Waals surface area contributed by atoms with Gasteiger partial charge in [-0.1, -0.05) is 46.9 Å². The fourth-order valence-corrected chi connectivity index (χ4v) is 3.58. The molecule has 2 aromatic carbocycles. The lowest BCUT2D eigenvalue weighted by Gasteiger charge is -2.10. The number of hydrogen-bond donors (Lipinski definition) is 2. The fraction of sp³-hybridized carbons (Fsp3) is 0.158. The van der Waals surface area contributed by atoms with Gasteiger partial charge in [0.2, 0.25) is 0 Å². The Hall–Kier alpha value is -1.79. The Morgan fingerprint density at radius 1 is 1.00 bits per heavy atom. The predicted molar refractivity (Wildman–Crippen MR) is 119 cm³/mol. The number of anilines is 2. The van der Waals surface area contributed by atoms with Crippen LogP contribution in [0.15, 0.2) is 42.6 Å². The van der Waals surface area contributed by atoms with E-state index in [9.17, 15) is 0 Å². The van der Waals surface area contributed by atoms with E-state index in [0.29, 0.717) is 32.5 Å². The van der Waals surface area contributed by atoms with Gasteiger partial charge in [-0.3, -0.25) is 4.68 Å². The van der Waals surface area contributed by atoms with Gasteiger partial charge in [0.25, 0.3) is 0 Å². The van der Waals surface area contributed by atoms with Crippen LogP contribution >= 0.6 is 47.0 Å². The number of hydrogen-bond acceptors (Lipinski definition) is 2. The summed E-state index contributed by atoms with van der Waals surface area (Å²) < 4.78 is 1.69. The largest absolute Gasteiger partial charge is 0.332 e. The van der Waals surface area contributed by atoms with Crippen molar-refractivity contribution < 1.29 is 0 Å². The van der Waals surface area contributed by atoms with Gasteiger partial charge in [0, 0.05) is 21.9 Å². The molecule has 4 nitrogen and oxygen atoms in total. The lowest BCUT2D eigenvalue weighted by Crippen LogP contribution is -2.20. The van der Waals surface area contributed by atoms with Crippen LogP contribution in [0.4, 0.5) is 11.5 Å². The molecule has 0 unspecified atom stereocenters. The van der Waals surface area contributed by atoms with E-state index in [0.717, 1.165) is 22.4 Å². The van der Waals surface area contributed by atoms with E-state index in [1.165, 1.54) is 0 Å². The highest BCUT2D eigenvalue weighted by Crippen LogP contribution is 2.24. The van der Waals surface area contributed by atoms with Gasteiger partial charge < -0.3 is 10.6 Å². The Labute approximate surface area is 178 Å². The first-order valence-corrected chi connectivity index (χ1v) is 9.67. The smallest absolute Gasteiger partial charge is 0.176 e. The number of aryl methyl sites for hydroxylation is 2. The molecule has 8 heteroatoms. The van der Waals surface area contributed by atoms with Crippen molar-refractivity contribution in [3.05, 3.63) is 74.4 Å². The van der Waals surface area contributed by atoms with Crippen molar-refractivity contribution in [3.63, 3.8) is 0 Å². The summed E-state index contributed by atoms with van der Waals surface area (Å²) in [5.41, 5.74) is 4.11. The number of nitrogens with one attached hydrogen (secondary N) is 2. The molecule has 27 heavy (non-hydrogen) atoms. The summed E-state index contributed by atoms with van der Waals surface area (Å²) in [6, 6.07) is 11.5. The molecule has 3 rings (SSSR count). The minimum absolute atomic E-state index is 0.414. The third-order valence-electron chi connectivity index (χ3n) is 3.78. The highest BCUT2D eigenvalue weighted by Gasteiger charge is 2.11. The average molecular weight is 440 g/mol. The lowest BCUT2D eigenvalue weighted by molar-refractivity contribution is 0.690.